The molecule has 2 rings (SSSR count). The second-order valence-corrected chi connectivity index (χ2v) is 8.44. The molecule has 0 atom stereocenters. The van der Waals surface area contributed by atoms with Crippen LogP contribution in [0.25, 0.3) is 0 Å². The molecule has 0 aromatic heterocycles. The Labute approximate surface area is 186 Å². The SMILES string of the molecule is CCCN(CCC)C(=O)CCCC(=O)Nc1cccc(CN2CCC(C(N)=O)CC2)c1. The number of nitrogens with zero attached hydrogens (tertiary/aromatic N) is 2. The fourth-order valence-corrected chi connectivity index (χ4v) is 4.06. The molecule has 3 N–H and O–H groups in total. The van der Waals surface area contributed by atoms with Gasteiger partial charge in [-0.3, -0.25) is 19.3 Å². The minimum absolute atomic E-state index is 0.00946. The van der Waals surface area contributed by atoms with E-state index in [1.165, 1.54) is 0 Å². The van der Waals surface area contributed by atoms with Crippen LogP contribution in [0.5, 0.6) is 0 Å². The molecular formula is C24H38N4O3. The van der Waals surface area contributed by atoms with Crippen LogP contribution in [-0.4, -0.2) is 53.7 Å². The highest BCUT2D eigenvalue weighted by atomic mass is 16.2. The number of nitrogens with two attached hydrogens (primary N) is 1. The van der Waals surface area contributed by atoms with Crippen LogP contribution in [0.1, 0.15) is 64.4 Å². The summed E-state index contributed by atoms with van der Waals surface area (Å²) in [6.45, 7) is 8.20. The van der Waals surface area contributed by atoms with Crippen LogP contribution in [0.3, 0.4) is 0 Å². The predicted molar refractivity (Wildman–Crippen MR) is 123 cm³/mol. The van der Waals surface area contributed by atoms with E-state index in [1.54, 1.807) is 0 Å². The number of hydrogen-bond acceptors (Lipinski definition) is 4. The smallest absolute Gasteiger partial charge is 0.224 e. The molecule has 0 saturated carbocycles. The third kappa shape index (κ3) is 8.69. The largest absolute Gasteiger partial charge is 0.369 e. The molecule has 1 fully saturated rings. The van der Waals surface area contributed by atoms with Gasteiger partial charge in [0.2, 0.25) is 17.7 Å². The first-order chi connectivity index (χ1) is 14.9. The van der Waals surface area contributed by atoms with Crippen LogP contribution < -0.4 is 11.1 Å². The highest BCUT2D eigenvalue weighted by molar-refractivity contribution is 5.91. The first-order valence-corrected chi connectivity index (χ1v) is 11.6. The molecule has 1 aliphatic rings. The summed E-state index contributed by atoms with van der Waals surface area (Å²) in [5.74, 6) is -0.136. The number of carbonyl (C=O) groups is 3. The monoisotopic (exact) mass is 430 g/mol. The van der Waals surface area contributed by atoms with E-state index in [4.69, 9.17) is 5.73 Å². The van der Waals surface area contributed by atoms with Gasteiger partial charge in [-0.1, -0.05) is 26.0 Å². The van der Waals surface area contributed by atoms with Gasteiger partial charge in [-0.05, 0) is 62.9 Å². The first-order valence-electron chi connectivity index (χ1n) is 11.6. The highest BCUT2D eigenvalue weighted by Crippen LogP contribution is 2.20. The number of nitrogens with one attached hydrogen (secondary N) is 1. The summed E-state index contributed by atoms with van der Waals surface area (Å²) >= 11 is 0. The summed E-state index contributed by atoms with van der Waals surface area (Å²) in [5.41, 5.74) is 7.31. The second-order valence-electron chi connectivity index (χ2n) is 8.44. The summed E-state index contributed by atoms with van der Waals surface area (Å²) in [4.78, 5) is 40.2. The van der Waals surface area contributed by atoms with Gasteiger partial charge in [-0.15, -0.1) is 0 Å². The van der Waals surface area contributed by atoms with Crippen LogP contribution in [0, 0.1) is 5.92 Å². The molecule has 31 heavy (non-hydrogen) atoms. The summed E-state index contributed by atoms with van der Waals surface area (Å²) in [6.07, 6.45) is 4.81. The lowest BCUT2D eigenvalue weighted by atomic mass is 9.96. The van der Waals surface area contributed by atoms with Crippen molar-refractivity contribution in [2.75, 3.05) is 31.5 Å². The topological polar surface area (TPSA) is 95.7 Å². The zero-order valence-electron chi connectivity index (χ0n) is 19.1. The van der Waals surface area contributed by atoms with Crippen molar-refractivity contribution in [3.8, 4) is 0 Å². The molecule has 7 nitrogen and oxygen atoms in total. The molecule has 1 heterocycles. The van der Waals surface area contributed by atoms with E-state index in [1.807, 2.05) is 29.2 Å². The van der Waals surface area contributed by atoms with Gasteiger partial charge in [0, 0.05) is 44.1 Å². The van der Waals surface area contributed by atoms with E-state index < -0.39 is 0 Å². The van der Waals surface area contributed by atoms with E-state index in [-0.39, 0.29) is 23.6 Å². The van der Waals surface area contributed by atoms with Crippen molar-refractivity contribution in [1.82, 2.24) is 9.80 Å². The highest BCUT2D eigenvalue weighted by Gasteiger charge is 2.23. The summed E-state index contributed by atoms with van der Waals surface area (Å²) in [7, 11) is 0. The second kappa shape index (κ2) is 13.1. The Morgan fingerprint density at radius 3 is 2.39 bits per heavy atom. The third-order valence-corrected chi connectivity index (χ3v) is 5.74. The van der Waals surface area contributed by atoms with Crippen molar-refractivity contribution in [2.45, 2.75) is 65.3 Å². The zero-order chi connectivity index (χ0) is 22.6. The Morgan fingerprint density at radius 2 is 1.77 bits per heavy atom. The average molecular weight is 431 g/mol. The Kier molecular flexibility index (Phi) is 10.5. The van der Waals surface area contributed by atoms with E-state index in [0.717, 1.165) is 69.7 Å². The number of primary amides is 1. The summed E-state index contributed by atoms with van der Waals surface area (Å²) < 4.78 is 0. The Hall–Kier alpha value is -2.41. The van der Waals surface area contributed by atoms with Crippen molar-refractivity contribution in [1.29, 1.82) is 0 Å². The molecule has 7 heteroatoms. The van der Waals surface area contributed by atoms with E-state index >= 15 is 0 Å². The van der Waals surface area contributed by atoms with Gasteiger partial charge in [0.25, 0.3) is 0 Å². The third-order valence-electron chi connectivity index (χ3n) is 5.74. The Morgan fingerprint density at radius 1 is 1.10 bits per heavy atom. The Bertz CT molecular complexity index is 723. The molecule has 0 spiro atoms. The molecule has 3 amide bonds. The normalized spacial score (nSPS) is 14.9. The van der Waals surface area contributed by atoms with Crippen LogP contribution >= 0.6 is 0 Å². The maximum absolute atomic E-state index is 12.3. The summed E-state index contributed by atoms with van der Waals surface area (Å²) in [5, 5.41) is 2.95. The number of rotatable bonds is 12. The van der Waals surface area contributed by atoms with Crippen molar-refractivity contribution < 1.29 is 14.4 Å². The average Bonchev–Trinajstić information content (AvgIpc) is 2.74. The fourth-order valence-electron chi connectivity index (χ4n) is 4.06. The molecule has 0 radical (unpaired) electrons. The maximum Gasteiger partial charge on any atom is 0.224 e. The maximum atomic E-state index is 12.3. The molecule has 0 unspecified atom stereocenters. The molecule has 1 aliphatic heterocycles. The van der Waals surface area contributed by atoms with Crippen molar-refractivity contribution >= 4 is 23.4 Å². The number of hydrogen-bond donors (Lipinski definition) is 2. The predicted octanol–water partition coefficient (Wildman–Crippen LogP) is 3.14. The van der Waals surface area contributed by atoms with Crippen LogP contribution in [0.15, 0.2) is 24.3 Å². The van der Waals surface area contributed by atoms with E-state index in [2.05, 4.69) is 24.1 Å². The van der Waals surface area contributed by atoms with Gasteiger partial charge in [0.1, 0.15) is 0 Å². The van der Waals surface area contributed by atoms with Crippen molar-refractivity contribution in [2.24, 2.45) is 11.7 Å². The van der Waals surface area contributed by atoms with Crippen molar-refractivity contribution in [3.05, 3.63) is 29.8 Å². The fraction of sp³-hybridized carbons (Fsp3) is 0.625. The number of anilines is 1. The van der Waals surface area contributed by atoms with E-state index in [0.29, 0.717) is 19.3 Å². The molecule has 1 aromatic carbocycles. The molecule has 0 bridgehead atoms. The molecule has 1 aromatic rings. The molecule has 172 valence electrons. The minimum atomic E-state index is -0.200. The number of benzene rings is 1. The standard InChI is InChI=1S/C24H38N4O3/c1-3-13-28(14-4-2)23(30)10-6-9-22(29)26-21-8-5-7-19(17-21)18-27-15-11-20(12-16-27)24(25)31/h5,7-8,17,20H,3-4,6,9-16,18H2,1-2H3,(H2,25,31)(H,26,29). The van der Waals surface area contributed by atoms with Gasteiger partial charge >= 0.3 is 0 Å². The lowest BCUT2D eigenvalue weighted by Gasteiger charge is -2.30. The number of amides is 3. The van der Waals surface area contributed by atoms with Crippen molar-refractivity contribution in [3.63, 3.8) is 0 Å². The lowest BCUT2D eigenvalue weighted by molar-refractivity contribution is -0.131. The quantitative estimate of drug-likeness (QED) is 0.532. The lowest BCUT2D eigenvalue weighted by Crippen LogP contribution is -2.38. The van der Waals surface area contributed by atoms with Crippen LogP contribution in [0.2, 0.25) is 0 Å². The number of likely N-dealkylation sites (tertiary alicyclic amines) is 1. The minimum Gasteiger partial charge on any atom is -0.369 e. The van der Waals surface area contributed by atoms with E-state index in [9.17, 15) is 14.4 Å². The molecule has 0 aliphatic carbocycles. The van der Waals surface area contributed by atoms with Crippen LogP contribution in [0.4, 0.5) is 5.69 Å². The molecule has 1 saturated heterocycles. The first kappa shape index (κ1) is 24.9. The van der Waals surface area contributed by atoms with Gasteiger partial charge in [0.05, 0.1) is 0 Å². The molecular weight excluding hydrogens is 392 g/mol. The summed E-state index contributed by atoms with van der Waals surface area (Å²) in [6, 6.07) is 7.87. The zero-order valence-corrected chi connectivity index (χ0v) is 19.1. The van der Waals surface area contributed by atoms with Crippen LogP contribution in [-0.2, 0) is 20.9 Å². The van der Waals surface area contributed by atoms with Gasteiger partial charge < -0.3 is 16.0 Å². The Balaban J connectivity index is 1.76. The number of carbonyl (C=O) groups excluding carboxylic acids is 3. The van der Waals surface area contributed by atoms with Gasteiger partial charge in [-0.25, -0.2) is 0 Å². The van der Waals surface area contributed by atoms with Gasteiger partial charge in [0.15, 0.2) is 0 Å². The number of piperidine rings is 1. The van der Waals surface area contributed by atoms with Gasteiger partial charge in [-0.2, -0.15) is 0 Å².